The van der Waals surface area contributed by atoms with Gasteiger partial charge in [0.25, 0.3) is 5.91 Å². The number of aromatic hydroxyl groups is 1. The highest BCUT2D eigenvalue weighted by Gasteiger charge is 2.24. The third kappa shape index (κ3) is 4.92. The smallest absolute Gasteiger partial charge is 0.387 e. The first kappa shape index (κ1) is 23.6. The number of carboxylic acid groups (broad SMARTS) is 1. The monoisotopic (exact) mass is 464 g/mol. The zero-order valence-corrected chi connectivity index (χ0v) is 17.4. The molecule has 1 heterocycles. The Balaban J connectivity index is 2.05. The number of aromatic nitrogens is 1. The molecule has 3 rings (SSSR count). The Labute approximate surface area is 185 Å². The van der Waals surface area contributed by atoms with Crippen molar-refractivity contribution in [2.75, 3.05) is 0 Å². The van der Waals surface area contributed by atoms with Gasteiger partial charge in [-0.05, 0) is 49.7 Å². The number of hydrogen-bond donors (Lipinski definition) is 3. The van der Waals surface area contributed by atoms with Crippen LogP contribution in [-0.4, -0.2) is 45.2 Å². The van der Waals surface area contributed by atoms with Crippen LogP contribution in [0.1, 0.15) is 28.5 Å². The third-order valence-corrected chi connectivity index (χ3v) is 5.02. The molecule has 2 aromatic carbocycles. The van der Waals surface area contributed by atoms with Gasteiger partial charge in [-0.15, -0.1) is 0 Å². The molecule has 0 aliphatic rings. The standard InChI is InChI=1S/C22H19F3N2O6/c1-10(21(31)32)26-19(29)8-14-11(2)27(17-9-16(23)18(28)7-15(14)17)20(30)12-3-5-13(6-4-12)33-22(24)25/h3-7,9-10,22,28H,8H2,1-2H3,(H,26,29)(H,31,32). The van der Waals surface area contributed by atoms with E-state index in [0.29, 0.717) is 0 Å². The van der Waals surface area contributed by atoms with Crippen molar-refractivity contribution >= 4 is 28.7 Å². The van der Waals surface area contributed by atoms with Crippen molar-refractivity contribution in [3.05, 3.63) is 59.0 Å². The number of phenolic OH excluding ortho intramolecular Hbond substituents is 1. The average Bonchev–Trinajstić information content (AvgIpc) is 2.98. The molecule has 3 N–H and O–H groups in total. The van der Waals surface area contributed by atoms with Crippen LogP contribution in [0.5, 0.6) is 11.5 Å². The number of carbonyl (C=O) groups excluding carboxylic acids is 2. The predicted molar refractivity (Wildman–Crippen MR) is 110 cm³/mol. The molecule has 0 aliphatic heterocycles. The summed E-state index contributed by atoms with van der Waals surface area (Å²) in [6.07, 6.45) is -0.341. The normalized spacial score (nSPS) is 12.1. The maximum atomic E-state index is 14.1. The van der Waals surface area contributed by atoms with E-state index in [-0.39, 0.29) is 39.9 Å². The molecule has 11 heteroatoms. The van der Waals surface area contributed by atoms with Gasteiger partial charge in [-0.1, -0.05) is 0 Å². The Hall–Kier alpha value is -4.02. The minimum atomic E-state index is -3.03. The summed E-state index contributed by atoms with van der Waals surface area (Å²) in [5, 5.41) is 21.3. The SMILES string of the molecule is Cc1c(CC(=O)NC(C)C(=O)O)c2cc(O)c(F)cc2n1C(=O)c1ccc(OC(F)F)cc1. The van der Waals surface area contributed by atoms with Gasteiger partial charge < -0.3 is 20.3 Å². The van der Waals surface area contributed by atoms with Gasteiger partial charge in [-0.25, -0.2) is 4.39 Å². The number of ether oxygens (including phenoxy) is 1. The molecule has 174 valence electrons. The molecule has 0 saturated heterocycles. The van der Waals surface area contributed by atoms with E-state index in [1.54, 1.807) is 0 Å². The van der Waals surface area contributed by atoms with Crippen LogP contribution in [-0.2, 0) is 16.0 Å². The highest BCUT2D eigenvalue weighted by molar-refractivity contribution is 6.05. The fraction of sp³-hybridized carbons (Fsp3) is 0.227. The highest BCUT2D eigenvalue weighted by atomic mass is 19.3. The number of nitrogens with zero attached hydrogens (tertiary/aromatic N) is 1. The summed E-state index contributed by atoms with van der Waals surface area (Å²) >= 11 is 0. The summed E-state index contributed by atoms with van der Waals surface area (Å²) in [7, 11) is 0. The number of alkyl halides is 2. The van der Waals surface area contributed by atoms with Gasteiger partial charge in [0.1, 0.15) is 11.8 Å². The van der Waals surface area contributed by atoms with Crippen molar-refractivity contribution in [1.29, 1.82) is 0 Å². The van der Waals surface area contributed by atoms with Gasteiger partial charge in [-0.3, -0.25) is 19.0 Å². The molecule has 1 aromatic heterocycles. The maximum absolute atomic E-state index is 14.1. The molecule has 0 fully saturated rings. The molecule has 1 unspecified atom stereocenters. The average molecular weight is 464 g/mol. The van der Waals surface area contributed by atoms with Gasteiger partial charge in [0, 0.05) is 22.7 Å². The number of amides is 1. The number of carbonyl (C=O) groups is 3. The first-order valence-electron chi connectivity index (χ1n) is 9.63. The Morgan fingerprint density at radius 2 is 1.79 bits per heavy atom. The summed E-state index contributed by atoms with van der Waals surface area (Å²) in [4.78, 5) is 36.6. The van der Waals surface area contributed by atoms with Crippen molar-refractivity contribution in [2.45, 2.75) is 32.9 Å². The van der Waals surface area contributed by atoms with E-state index in [1.165, 1.54) is 38.1 Å². The summed E-state index contributed by atoms with van der Waals surface area (Å²) in [5.74, 6) is -4.38. The molecular weight excluding hydrogens is 445 g/mol. The van der Waals surface area contributed by atoms with E-state index in [2.05, 4.69) is 10.1 Å². The van der Waals surface area contributed by atoms with Gasteiger partial charge in [0.15, 0.2) is 11.6 Å². The van der Waals surface area contributed by atoms with Crippen LogP contribution < -0.4 is 10.1 Å². The first-order chi connectivity index (χ1) is 15.5. The predicted octanol–water partition coefficient (Wildman–Crippen LogP) is 3.22. The lowest BCUT2D eigenvalue weighted by atomic mass is 10.1. The van der Waals surface area contributed by atoms with E-state index in [0.717, 1.165) is 16.7 Å². The molecule has 0 radical (unpaired) electrons. The molecule has 33 heavy (non-hydrogen) atoms. The van der Waals surface area contributed by atoms with Gasteiger partial charge in [0.2, 0.25) is 5.91 Å². The number of benzene rings is 2. The number of halogens is 3. The number of phenols is 1. The van der Waals surface area contributed by atoms with E-state index in [1.807, 2.05) is 0 Å². The Bertz CT molecular complexity index is 1240. The quantitative estimate of drug-likeness (QED) is 0.494. The van der Waals surface area contributed by atoms with E-state index in [9.17, 15) is 32.7 Å². The molecule has 0 bridgehead atoms. The van der Waals surface area contributed by atoms with Crippen molar-refractivity contribution in [3.8, 4) is 11.5 Å². The zero-order chi connectivity index (χ0) is 24.4. The number of rotatable bonds is 7. The molecule has 0 aliphatic carbocycles. The Morgan fingerprint density at radius 1 is 1.15 bits per heavy atom. The molecule has 8 nitrogen and oxygen atoms in total. The fourth-order valence-electron chi connectivity index (χ4n) is 3.40. The van der Waals surface area contributed by atoms with Crippen LogP contribution in [0.3, 0.4) is 0 Å². The van der Waals surface area contributed by atoms with E-state index in [4.69, 9.17) is 5.11 Å². The van der Waals surface area contributed by atoms with Gasteiger partial charge in [-0.2, -0.15) is 8.78 Å². The zero-order valence-electron chi connectivity index (χ0n) is 17.4. The number of hydrogen-bond acceptors (Lipinski definition) is 5. The van der Waals surface area contributed by atoms with Crippen molar-refractivity contribution < 1.29 is 42.5 Å². The summed E-state index contributed by atoms with van der Waals surface area (Å²) < 4.78 is 44.2. The molecular formula is C22H19F3N2O6. The van der Waals surface area contributed by atoms with Crippen LogP contribution in [0.25, 0.3) is 10.9 Å². The number of fused-ring (bicyclic) bond motifs is 1. The van der Waals surface area contributed by atoms with Crippen LogP contribution in [0.15, 0.2) is 36.4 Å². The minimum absolute atomic E-state index is 0.0646. The highest BCUT2D eigenvalue weighted by Crippen LogP contribution is 2.32. The first-order valence-corrected chi connectivity index (χ1v) is 9.63. The lowest BCUT2D eigenvalue weighted by Gasteiger charge is -2.10. The molecule has 0 spiro atoms. The second kappa shape index (κ2) is 9.23. The molecule has 0 saturated carbocycles. The third-order valence-electron chi connectivity index (χ3n) is 5.02. The van der Waals surface area contributed by atoms with Crippen LogP contribution in [0.2, 0.25) is 0 Å². The number of nitrogens with one attached hydrogen (secondary N) is 1. The van der Waals surface area contributed by atoms with Crippen LogP contribution in [0, 0.1) is 12.7 Å². The lowest BCUT2D eigenvalue weighted by molar-refractivity contribution is -0.141. The number of carboxylic acids is 1. The fourth-order valence-corrected chi connectivity index (χ4v) is 3.40. The molecule has 1 atom stereocenters. The van der Waals surface area contributed by atoms with E-state index < -0.39 is 42.0 Å². The maximum Gasteiger partial charge on any atom is 0.387 e. The minimum Gasteiger partial charge on any atom is -0.505 e. The van der Waals surface area contributed by atoms with Crippen LogP contribution >= 0.6 is 0 Å². The Kier molecular flexibility index (Phi) is 6.61. The van der Waals surface area contributed by atoms with Crippen molar-refractivity contribution in [3.63, 3.8) is 0 Å². The van der Waals surface area contributed by atoms with E-state index >= 15 is 0 Å². The van der Waals surface area contributed by atoms with Crippen LogP contribution in [0.4, 0.5) is 13.2 Å². The summed E-state index contributed by atoms with van der Waals surface area (Å²) in [6.45, 7) is -0.247. The van der Waals surface area contributed by atoms with Gasteiger partial charge in [0.05, 0.1) is 11.9 Å². The molecule has 1 amide bonds. The Morgan fingerprint density at radius 3 is 2.36 bits per heavy atom. The number of aliphatic carboxylic acids is 1. The lowest BCUT2D eigenvalue weighted by Crippen LogP contribution is -2.39. The summed E-state index contributed by atoms with van der Waals surface area (Å²) in [5.41, 5.74) is 0.669. The van der Waals surface area contributed by atoms with Crippen molar-refractivity contribution in [2.24, 2.45) is 0 Å². The van der Waals surface area contributed by atoms with Crippen molar-refractivity contribution in [1.82, 2.24) is 9.88 Å². The largest absolute Gasteiger partial charge is 0.505 e. The topological polar surface area (TPSA) is 118 Å². The summed E-state index contributed by atoms with van der Waals surface area (Å²) in [6, 6.07) is 5.71. The second-order valence-electron chi connectivity index (χ2n) is 7.23. The second-order valence-corrected chi connectivity index (χ2v) is 7.23. The molecule has 3 aromatic rings. The van der Waals surface area contributed by atoms with Gasteiger partial charge >= 0.3 is 12.6 Å².